The first kappa shape index (κ1) is 19.4. The fraction of sp³-hybridized carbons (Fsp3) is 0.400. The molecule has 1 unspecified atom stereocenters. The number of ether oxygens (including phenoxy) is 1. The molecule has 1 atom stereocenters. The van der Waals surface area contributed by atoms with Gasteiger partial charge < -0.3 is 19.9 Å². The maximum Gasteiger partial charge on any atom is 0.182 e. The summed E-state index contributed by atoms with van der Waals surface area (Å²) >= 11 is 6.52. The Bertz CT molecular complexity index is 1080. The van der Waals surface area contributed by atoms with E-state index in [1.54, 1.807) is 13.4 Å². The van der Waals surface area contributed by atoms with Crippen LogP contribution in [0.1, 0.15) is 42.5 Å². The third-order valence-corrected chi connectivity index (χ3v) is 5.77. The molecule has 2 N–H and O–H groups in total. The molecule has 0 spiro atoms. The average Bonchev–Trinajstić information content (AvgIpc) is 3.16. The molecule has 3 aromatic rings. The van der Waals surface area contributed by atoms with Gasteiger partial charge in [0.15, 0.2) is 11.5 Å². The van der Waals surface area contributed by atoms with Crippen molar-refractivity contribution in [1.82, 2.24) is 24.8 Å². The minimum atomic E-state index is -0.169. The van der Waals surface area contributed by atoms with Gasteiger partial charge in [0, 0.05) is 30.1 Å². The van der Waals surface area contributed by atoms with Crippen LogP contribution in [-0.4, -0.2) is 51.6 Å². The Morgan fingerprint density at radius 1 is 1.41 bits per heavy atom. The molecule has 0 aliphatic carbocycles. The van der Waals surface area contributed by atoms with E-state index in [1.807, 2.05) is 13.0 Å². The molecular formula is C20H22ClN7O. The highest BCUT2D eigenvalue weighted by Gasteiger charge is 2.34. The zero-order valence-corrected chi connectivity index (χ0v) is 17.3. The van der Waals surface area contributed by atoms with E-state index in [9.17, 15) is 5.26 Å². The van der Waals surface area contributed by atoms with Gasteiger partial charge in [-0.1, -0.05) is 18.5 Å². The topological polar surface area (TPSA) is 103 Å². The van der Waals surface area contributed by atoms with Gasteiger partial charge in [0.25, 0.3) is 0 Å². The predicted molar refractivity (Wildman–Crippen MR) is 111 cm³/mol. The number of likely N-dealkylation sites (tertiary alicyclic amines) is 1. The maximum absolute atomic E-state index is 9.72. The largest absolute Gasteiger partial charge is 0.496 e. The lowest BCUT2D eigenvalue weighted by molar-refractivity contribution is 0.155. The van der Waals surface area contributed by atoms with E-state index < -0.39 is 0 Å². The van der Waals surface area contributed by atoms with E-state index in [4.69, 9.17) is 16.3 Å². The van der Waals surface area contributed by atoms with Crippen molar-refractivity contribution in [2.45, 2.75) is 25.8 Å². The van der Waals surface area contributed by atoms with Crippen molar-refractivity contribution in [3.05, 3.63) is 40.4 Å². The normalized spacial score (nSPS) is 15.7. The van der Waals surface area contributed by atoms with Crippen molar-refractivity contribution in [2.24, 2.45) is 0 Å². The lowest BCUT2D eigenvalue weighted by Gasteiger charge is -2.40. The quantitative estimate of drug-likeness (QED) is 0.640. The Kier molecular flexibility index (Phi) is 5.26. The number of aromatic nitrogens is 4. The first-order valence-electron chi connectivity index (χ1n) is 9.50. The monoisotopic (exact) mass is 411 g/mol. The standard InChI is InChI=1S/C20H22ClN7O/c1-4-28-7-12(8-28)16-14(6-22)15(21)5-13(18(16)29-3)11(2)27-20-17-19(24-9-23-17)25-10-26-20/h5,9-12H,4,7-8H2,1-3H3,(H2,23,24,25,26,27). The lowest BCUT2D eigenvalue weighted by Crippen LogP contribution is -2.45. The Hall–Kier alpha value is -2.89. The van der Waals surface area contributed by atoms with Crippen LogP contribution in [0, 0.1) is 11.3 Å². The number of hydrogen-bond acceptors (Lipinski definition) is 7. The molecule has 1 saturated heterocycles. The number of likely N-dealkylation sites (N-methyl/N-ethyl adjacent to an activating group) is 1. The Morgan fingerprint density at radius 3 is 2.90 bits per heavy atom. The van der Waals surface area contributed by atoms with Crippen LogP contribution >= 0.6 is 11.6 Å². The number of fused-ring (bicyclic) bond motifs is 1. The van der Waals surface area contributed by atoms with Crippen LogP contribution < -0.4 is 10.1 Å². The molecule has 9 heteroatoms. The zero-order valence-electron chi connectivity index (χ0n) is 16.5. The average molecular weight is 412 g/mol. The first-order valence-corrected chi connectivity index (χ1v) is 9.88. The molecule has 0 amide bonds. The SMILES string of the molecule is CCN1CC(c2c(C#N)c(Cl)cc(C(C)Nc3ncnc4nc[nH]c34)c2OC)C1. The molecule has 4 rings (SSSR count). The van der Waals surface area contributed by atoms with Crippen molar-refractivity contribution in [3.8, 4) is 11.8 Å². The lowest BCUT2D eigenvalue weighted by atomic mass is 9.85. The van der Waals surface area contributed by atoms with Crippen molar-refractivity contribution in [2.75, 3.05) is 32.1 Å². The highest BCUT2D eigenvalue weighted by molar-refractivity contribution is 6.32. The number of hydrogen-bond donors (Lipinski definition) is 2. The number of imidazole rings is 1. The number of methoxy groups -OCH3 is 1. The van der Waals surface area contributed by atoms with Gasteiger partial charge in [-0.05, 0) is 19.5 Å². The van der Waals surface area contributed by atoms with Gasteiger partial charge in [0.2, 0.25) is 0 Å². The smallest absolute Gasteiger partial charge is 0.182 e. The highest BCUT2D eigenvalue weighted by Crippen LogP contribution is 2.43. The van der Waals surface area contributed by atoms with Gasteiger partial charge >= 0.3 is 0 Å². The van der Waals surface area contributed by atoms with E-state index in [2.05, 4.69) is 43.1 Å². The van der Waals surface area contributed by atoms with E-state index in [0.29, 0.717) is 27.8 Å². The van der Waals surface area contributed by atoms with Crippen LogP contribution in [0.15, 0.2) is 18.7 Å². The summed E-state index contributed by atoms with van der Waals surface area (Å²) in [4.78, 5) is 18.0. The third-order valence-electron chi connectivity index (χ3n) is 5.47. The molecule has 150 valence electrons. The minimum Gasteiger partial charge on any atom is -0.496 e. The van der Waals surface area contributed by atoms with E-state index in [0.717, 1.165) is 36.3 Å². The van der Waals surface area contributed by atoms with Crippen LogP contribution in [0.25, 0.3) is 11.2 Å². The fourth-order valence-electron chi connectivity index (χ4n) is 3.89. The maximum atomic E-state index is 9.72. The minimum absolute atomic E-state index is 0.169. The van der Waals surface area contributed by atoms with Crippen LogP contribution in [-0.2, 0) is 0 Å². The summed E-state index contributed by atoms with van der Waals surface area (Å²) in [5.74, 6) is 1.58. The molecule has 8 nitrogen and oxygen atoms in total. The second-order valence-corrected chi connectivity index (χ2v) is 7.53. The highest BCUT2D eigenvalue weighted by atomic mass is 35.5. The first-order chi connectivity index (χ1) is 14.1. The van der Waals surface area contributed by atoms with E-state index >= 15 is 0 Å². The molecule has 1 fully saturated rings. The van der Waals surface area contributed by atoms with Gasteiger partial charge in [-0.25, -0.2) is 15.0 Å². The number of rotatable bonds is 6. The summed E-state index contributed by atoms with van der Waals surface area (Å²) in [6, 6.07) is 3.91. The Morgan fingerprint density at radius 2 is 2.21 bits per heavy atom. The molecule has 0 saturated carbocycles. The zero-order chi connectivity index (χ0) is 20.5. The summed E-state index contributed by atoms with van der Waals surface area (Å²) in [7, 11) is 1.64. The summed E-state index contributed by atoms with van der Waals surface area (Å²) < 4.78 is 5.81. The number of nitrogens with one attached hydrogen (secondary N) is 2. The van der Waals surface area contributed by atoms with Gasteiger partial charge in [-0.15, -0.1) is 0 Å². The summed E-state index contributed by atoms with van der Waals surface area (Å²) in [5, 5.41) is 13.6. The number of H-pyrrole nitrogens is 1. The third kappa shape index (κ3) is 3.37. The van der Waals surface area contributed by atoms with Crippen LogP contribution in [0.5, 0.6) is 5.75 Å². The van der Waals surface area contributed by atoms with E-state index in [-0.39, 0.29) is 12.0 Å². The summed E-state index contributed by atoms with van der Waals surface area (Å²) in [5.41, 5.74) is 3.60. The van der Waals surface area contributed by atoms with Crippen molar-refractivity contribution in [3.63, 3.8) is 0 Å². The second kappa shape index (κ2) is 7.85. The number of nitrogens with zero attached hydrogens (tertiary/aromatic N) is 5. The second-order valence-electron chi connectivity index (χ2n) is 7.12. The molecule has 2 aromatic heterocycles. The van der Waals surface area contributed by atoms with Crippen LogP contribution in [0.3, 0.4) is 0 Å². The predicted octanol–water partition coefficient (Wildman–Crippen LogP) is 3.48. The van der Waals surface area contributed by atoms with Gasteiger partial charge in [-0.2, -0.15) is 5.26 Å². The molecule has 0 radical (unpaired) electrons. The number of benzene rings is 1. The van der Waals surface area contributed by atoms with Crippen LogP contribution in [0.4, 0.5) is 5.82 Å². The molecular weight excluding hydrogens is 390 g/mol. The van der Waals surface area contributed by atoms with E-state index in [1.165, 1.54) is 6.33 Å². The Balaban J connectivity index is 1.74. The summed E-state index contributed by atoms with van der Waals surface area (Å²) in [6.07, 6.45) is 3.06. The van der Waals surface area contributed by atoms with Crippen molar-refractivity contribution >= 4 is 28.6 Å². The van der Waals surface area contributed by atoms with Gasteiger partial charge in [0.05, 0.1) is 30.1 Å². The number of anilines is 1. The number of aromatic amines is 1. The Labute approximate surface area is 173 Å². The molecule has 1 aliphatic rings. The number of nitriles is 1. The fourth-order valence-corrected chi connectivity index (χ4v) is 4.15. The van der Waals surface area contributed by atoms with Gasteiger partial charge in [-0.3, -0.25) is 0 Å². The molecule has 1 aliphatic heterocycles. The molecule has 29 heavy (non-hydrogen) atoms. The van der Waals surface area contributed by atoms with Crippen molar-refractivity contribution in [1.29, 1.82) is 5.26 Å². The summed E-state index contributed by atoms with van der Waals surface area (Å²) in [6.45, 7) is 6.91. The van der Waals surface area contributed by atoms with Gasteiger partial charge in [0.1, 0.15) is 23.7 Å². The van der Waals surface area contributed by atoms with Crippen LogP contribution in [0.2, 0.25) is 5.02 Å². The molecule has 3 heterocycles. The molecule has 0 bridgehead atoms. The van der Waals surface area contributed by atoms with Crippen molar-refractivity contribution < 1.29 is 4.74 Å². The number of halogens is 1. The molecule has 1 aromatic carbocycles.